The van der Waals surface area contributed by atoms with Crippen LogP contribution in [0.4, 0.5) is 0 Å². The summed E-state index contributed by atoms with van der Waals surface area (Å²) in [5.41, 5.74) is 2.40. The minimum atomic E-state index is -0.712. The summed E-state index contributed by atoms with van der Waals surface area (Å²) in [5.74, 6) is 0. The van der Waals surface area contributed by atoms with Gasteiger partial charge in [0.05, 0.1) is 12.1 Å². The molecule has 7 rings (SSSR count). The summed E-state index contributed by atoms with van der Waals surface area (Å²) in [5, 5.41) is 8.09. The van der Waals surface area contributed by atoms with Gasteiger partial charge in [0.1, 0.15) is 0 Å². The number of hydrogen-bond acceptors (Lipinski definition) is 2. The van der Waals surface area contributed by atoms with Crippen LogP contribution in [0, 0.1) is 0 Å². The van der Waals surface area contributed by atoms with Crippen molar-refractivity contribution in [3.05, 3.63) is 181 Å². The Morgan fingerprint density at radius 3 is 0.980 bits per heavy atom. The smallest absolute Gasteiger partial charge is 1.00 e. The van der Waals surface area contributed by atoms with Gasteiger partial charge < -0.3 is 24.8 Å². The largest absolute Gasteiger partial charge is 2.00 e. The average molecular weight is 836 g/mol. The Labute approximate surface area is 332 Å². The van der Waals surface area contributed by atoms with Crippen LogP contribution in [0.25, 0.3) is 0 Å². The summed E-state index contributed by atoms with van der Waals surface area (Å²) in [6.45, 7) is 0. The first-order chi connectivity index (χ1) is 23.8. The second-order valence-corrected chi connectivity index (χ2v) is 16.5. The minimum absolute atomic E-state index is 0. The number of halogens is 2. The fraction of sp³-hybridized carbons (Fsp3) is 0.136. The molecule has 1 fully saturated rings. The van der Waals surface area contributed by atoms with Gasteiger partial charge in [-0.15, -0.1) is 0 Å². The van der Waals surface area contributed by atoms with Gasteiger partial charge in [-0.3, -0.25) is 9.98 Å². The van der Waals surface area contributed by atoms with Crippen LogP contribution < -0.4 is 56.6 Å². The van der Waals surface area contributed by atoms with Gasteiger partial charge in [-0.2, -0.15) is 0 Å². The van der Waals surface area contributed by atoms with Gasteiger partial charge in [-0.1, -0.05) is 183 Å². The van der Waals surface area contributed by atoms with Crippen molar-refractivity contribution in [3.8, 4) is 0 Å². The fourth-order valence-electron chi connectivity index (χ4n) is 6.55. The number of hydrogen-bond donors (Lipinski definition) is 0. The first-order valence-electron chi connectivity index (χ1n) is 16.9. The summed E-state index contributed by atoms with van der Waals surface area (Å²) in [6, 6.07) is 61.7. The zero-order chi connectivity index (χ0) is 32.4. The molecular formula is C44H40Cl2N2P2Pd. The van der Waals surface area contributed by atoms with Gasteiger partial charge in [-0.25, -0.2) is 0 Å². The Morgan fingerprint density at radius 1 is 0.392 bits per heavy atom. The zero-order valence-corrected chi connectivity index (χ0v) is 33.0. The van der Waals surface area contributed by atoms with Gasteiger partial charge >= 0.3 is 20.4 Å². The Bertz CT molecular complexity index is 1740. The van der Waals surface area contributed by atoms with Gasteiger partial charge in [0.15, 0.2) is 0 Å². The van der Waals surface area contributed by atoms with Crippen molar-refractivity contribution in [3.63, 3.8) is 0 Å². The maximum Gasteiger partial charge on any atom is 2.00 e. The number of benzene rings is 6. The van der Waals surface area contributed by atoms with Crippen molar-refractivity contribution in [2.24, 2.45) is 9.98 Å². The van der Waals surface area contributed by atoms with E-state index in [1.165, 1.54) is 55.8 Å². The number of nitrogens with zero attached hydrogens (tertiary/aromatic N) is 2. The molecule has 6 aromatic carbocycles. The average Bonchev–Trinajstić information content (AvgIpc) is 3.16. The molecule has 0 aromatic heterocycles. The van der Waals surface area contributed by atoms with Crippen molar-refractivity contribution >= 4 is 60.1 Å². The van der Waals surface area contributed by atoms with Crippen LogP contribution in [0.15, 0.2) is 180 Å². The van der Waals surface area contributed by atoms with E-state index in [0.29, 0.717) is 0 Å². The van der Waals surface area contributed by atoms with Gasteiger partial charge in [-0.05, 0) is 60.5 Å². The van der Waals surface area contributed by atoms with Crippen molar-refractivity contribution in [1.82, 2.24) is 0 Å². The fourth-order valence-corrected chi connectivity index (χ4v) is 11.4. The molecule has 0 saturated heterocycles. The Hall–Kier alpha value is -3.24. The second kappa shape index (κ2) is 20.7. The van der Waals surface area contributed by atoms with E-state index in [1.807, 2.05) is 0 Å². The quantitative estimate of drug-likeness (QED) is 0.115. The molecule has 0 amide bonds. The van der Waals surface area contributed by atoms with Crippen molar-refractivity contribution in [2.75, 3.05) is 0 Å². The Morgan fingerprint density at radius 2 is 0.667 bits per heavy atom. The molecule has 0 aliphatic heterocycles. The SMILES string of the molecule is C(=N[C@@H]1CCCC[C@H]1N=Cc1ccccc1P(c1ccccc1)c1ccccc1)c1ccccc1P(c1ccccc1)c1ccccc1.[Cl-].[Cl-].[Pd+2]. The molecule has 0 bridgehead atoms. The molecule has 260 valence electrons. The molecule has 7 heteroatoms. The number of rotatable bonds is 10. The van der Waals surface area contributed by atoms with Crippen LogP contribution in [0.2, 0.25) is 0 Å². The van der Waals surface area contributed by atoms with E-state index >= 15 is 0 Å². The molecule has 0 unspecified atom stereocenters. The molecule has 0 heterocycles. The van der Waals surface area contributed by atoms with Crippen LogP contribution in [-0.4, -0.2) is 24.5 Å². The molecule has 51 heavy (non-hydrogen) atoms. The topological polar surface area (TPSA) is 24.7 Å². The molecule has 0 radical (unpaired) electrons. The molecular weight excluding hydrogens is 796 g/mol. The molecule has 2 nitrogen and oxygen atoms in total. The summed E-state index contributed by atoms with van der Waals surface area (Å²) in [4.78, 5) is 10.6. The Balaban J connectivity index is 0.00000194. The van der Waals surface area contributed by atoms with Gasteiger partial charge in [0, 0.05) is 23.6 Å². The molecule has 2 atom stereocenters. The third-order valence-electron chi connectivity index (χ3n) is 8.92. The van der Waals surface area contributed by atoms with E-state index < -0.39 is 15.8 Å². The third-order valence-corrected chi connectivity index (χ3v) is 14.0. The number of aliphatic imine (C=N–C) groups is 2. The first-order valence-corrected chi connectivity index (χ1v) is 19.6. The predicted octanol–water partition coefficient (Wildman–Crippen LogP) is 2.06. The van der Waals surface area contributed by atoms with E-state index in [-0.39, 0.29) is 57.3 Å². The summed E-state index contributed by atoms with van der Waals surface area (Å²) in [7, 11) is -1.42. The molecule has 0 spiro atoms. The van der Waals surface area contributed by atoms with E-state index in [2.05, 4.69) is 182 Å². The van der Waals surface area contributed by atoms with Crippen molar-refractivity contribution < 1.29 is 45.2 Å². The van der Waals surface area contributed by atoms with Crippen LogP contribution in [0.1, 0.15) is 36.8 Å². The summed E-state index contributed by atoms with van der Waals surface area (Å²) in [6.07, 6.45) is 8.81. The normalized spacial score (nSPS) is 15.6. The molecule has 6 aromatic rings. The van der Waals surface area contributed by atoms with E-state index in [4.69, 9.17) is 9.98 Å². The second-order valence-electron chi connectivity index (χ2n) is 12.1. The molecule has 1 aliphatic carbocycles. The van der Waals surface area contributed by atoms with Crippen LogP contribution in [-0.2, 0) is 20.4 Å². The van der Waals surface area contributed by atoms with Crippen LogP contribution in [0.3, 0.4) is 0 Å². The molecule has 0 N–H and O–H groups in total. The minimum Gasteiger partial charge on any atom is -1.00 e. The van der Waals surface area contributed by atoms with E-state index in [0.717, 1.165) is 12.8 Å². The van der Waals surface area contributed by atoms with Crippen molar-refractivity contribution in [1.29, 1.82) is 0 Å². The maximum absolute atomic E-state index is 5.31. The van der Waals surface area contributed by atoms with Crippen LogP contribution >= 0.6 is 15.8 Å². The summed E-state index contributed by atoms with van der Waals surface area (Å²) < 4.78 is 0. The van der Waals surface area contributed by atoms with Crippen molar-refractivity contribution in [2.45, 2.75) is 37.8 Å². The zero-order valence-electron chi connectivity index (χ0n) is 28.2. The van der Waals surface area contributed by atoms with Gasteiger partial charge in [0.25, 0.3) is 0 Å². The summed E-state index contributed by atoms with van der Waals surface area (Å²) >= 11 is 0. The first kappa shape index (κ1) is 40.5. The molecule has 1 saturated carbocycles. The van der Waals surface area contributed by atoms with Crippen LogP contribution in [0.5, 0.6) is 0 Å². The molecule has 1 aliphatic rings. The Kier molecular flexibility index (Phi) is 16.5. The monoisotopic (exact) mass is 834 g/mol. The predicted molar refractivity (Wildman–Crippen MR) is 212 cm³/mol. The van der Waals surface area contributed by atoms with Gasteiger partial charge in [0.2, 0.25) is 0 Å². The van der Waals surface area contributed by atoms with E-state index in [9.17, 15) is 0 Å². The third kappa shape index (κ3) is 10.2. The van der Waals surface area contributed by atoms with E-state index in [1.54, 1.807) is 0 Å². The maximum atomic E-state index is 5.31. The standard InChI is InChI=1S/C44H40N2P2.2ClH.Pd/c1-5-21-37(22-6-1)47(38-23-7-2-8-24-38)43-31-17-13-19-35(43)33-45-41-29-15-16-30-42(41)46-34-36-20-14-18-32-44(36)48(39-25-9-3-10-26-39)40-27-11-4-12-28-40;;;/h1-14,17-28,31-34,41-42H,15-16,29-30H2;2*1H;/q;;;+2/p-2/t41-,42-;;;/m1.../s1.